The van der Waals surface area contributed by atoms with Gasteiger partial charge in [0.2, 0.25) is 5.88 Å². The molecule has 3 heterocycles. The van der Waals surface area contributed by atoms with E-state index < -0.39 is 6.10 Å². The van der Waals surface area contributed by atoms with Crippen LogP contribution in [-0.2, 0) is 0 Å². The quantitative estimate of drug-likeness (QED) is 0.590. The molecule has 0 fully saturated rings. The number of pyridine rings is 2. The zero-order chi connectivity index (χ0) is 24.9. The number of benzene rings is 1. The van der Waals surface area contributed by atoms with Crippen molar-refractivity contribution in [3.8, 4) is 17.0 Å². The van der Waals surface area contributed by atoms with Crippen molar-refractivity contribution in [1.82, 2.24) is 19.8 Å². The second kappa shape index (κ2) is 10.7. The number of likely N-dealkylation sites (N-methyl/N-ethyl adjacent to an activating group) is 1. The minimum Gasteiger partial charge on any atom is -0.472 e. The lowest BCUT2D eigenvalue weighted by Crippen LogP contribution is -2.50. The third kappa shape index (κ3) is 5.33. The molecular formula is C27H30N4O4. The van der Waals surface area contributed by atoms with Gasteiger partial charge in [-0.2, -0.15) is 0 Å². The number of hydrogen-bond acceptors (Lipinski definition) is 6. The Bertz CT molecular complexity index is 1170. The number of hydrogen-bond donors (Lipinski definition) is 1. The van der Waals surface area contributed by atoms with Gasteiger partial charge in [0.1, 0.15) is 17.4 Å². The van der Waals surface area contributed by atoms with E-state index in [0.717, 1.165) is 11.1 Å². The van der Waals surface area contributed by atoms with Crippen LogP contribution in [0.5, 0.6) is 5.88 Å². The van der Waals surface area contributed by atoms with Gasteiger partial charge in [-0.05, 0) is 30.7 Å². The van der Waals surface area contributed by atoms with E-state index in [1.807, 2.05) is 44.2 Å². The molecule has 0 radical (unpaired) electrons. The number of nitrogens with zero attached hydrogens (tertiary/aromatic N) is 4. The lowest BCUT2D eigenvalue weighted by molar-refractivity contribution is 0.0312. The lowest BCUT2D eigenvalue weighted by atomic mass is 9.99. The maximum absolute atomic E-state index is 13.6. The number of carbonyl (C=O) groups excluding carboxylic acids is 2. The zero-order valence-corrected chi connectivity index (χ0v) is 20.2. The van der Waals surface area contributed by atoms with Gasteiger partial charge in [0.15, 0.2) is 0 Å². The third-order valence-electron chi connectivity index (χ3n) is 6.31. The second-order valence-electron chi connectivity index (χ2n) is 8.97. The lowest BCUT2D eigenvalue weighted by Gasteiger charge is -2.37. The molecule has 0 saturated heterocycles. The molecule has 1 aliphatic rings. The molecule has 2 amide bonds. The van der Waals surface area contributed by atoms with Gasteiger partial charge in [0, 0.05) is 37.5 Å². The van der Waals surface area contributed by atoms with Crippen LogP contribution in [0.2, 0.25) is 0 Å². The maximum atomic E-state index is 13.6. The van der Waals surface area contributed by atoms with Crippen LogP contribution in [-0.4, -0.2) is 75.6 Å². The van der Waals surface area contributed by atoms with Crippen molar-refractivity contribution in [3.63, 3.8) is 0 Å². The van der Waals surface area contributed by atoms with Crippen LogP contribution in [0.1, 0.15) is 34.7 Å². The Morgan fingerprint density at radius 3 is 2.60 bits per heavy atom. The topological polar surface area (TPSA) is 95.9 Å². The minimum absolute atomic E-state index is 0.129. The maximum Gasteiger partial charge on any atom is 0.272 e. The van der Waals surface area contributed by atoms with Gasteiger partial charge in [0.05, 0.1) is 19.2 Å². The summed E-state index contributed by atoms with van der Waals surface area (Å²) in [5.74, 6) is -0.362. The normalized spacial score (nSPS) is 18.6. The first-order valence-electron chi connectivity index (χ1n) is 11.7. The highest BCUT2D eigenvalue weighted by Crippen LogP contribution is 2.30. The molecule has 3 atom stereocenters. The highest BCUT2D eigenvalue weighted by molar-refractivity contribution is 5.98. The van der Waals surface area contributed by atoms with Gasteiger partial charge in [-0.15, -0.1) is 0 Å². The van der Waals surface area contributed by atoms with Gasteiger partial charge >= 0.3 is 0 Å². The van der Waals surface area contributed by atoms with Crippen LogP contribution in [0.4, 0.5) is 0 Å². The highest BCUT2D eigenvalue weighted by atomic mass is 16.5. The summed E-state index contributed by atoms with van der Waals surface area (Å²) in [5, 5.41) is 9.84. The van der Waals surface area contributed by atoms with E-state index in [2.05, 4.69) is 9.97 Å². The Balaban J connectivity index is 1.68. The molecule has 8 nitrogen and oxygen atoms in total. The second-order valence-corrected chi connectivity index (χ2v) is 8.97. The first kappa shape index (κ1) is 24.3. The van der Waals surface area contributed by atoms with Crippen molar-refractivity contribution in [2.75, 3.05) is 26.7 Å². The molecule has 0 bridgehead atoms. The highest BCUT2D eigenvalue weighted by Gasteiger charge is 2.35. The fourth-order valence-electron chi connectivity index (χ4n) is 4.15. The van der Waals surface area contributed by atoms with Crippen molar-refractivity contribution in [3.05, 3.63) is 78.2 Å². The summed E-state index contributed by atoms with van der Waals surface area (Å²) < 4.78 is 6.29. The van der Waals surface area contributed by atoms with Crippen LogP contribution in [0.3, 0.4) is 0 Å². The molecule has 4 rings (SSSR count). The number of amides is 2. The number of rotatable bonds is 6. The fraction of sp³-hybridized carbons (Fsp3) is 0.333. The molecule has 0 unspecified atom stereocenters. The largest absolute Gasteiger partial charge is 0.472 e. The SMILES string of the molecule is C[C@@H]1CN([C@H](C)CO)C(=O)c2cc(-c3ccccc3)cnc2O[C@@H]1CN(C)C(=O)c1ccccn1. The number of aromatic nitrogens is 2. The van der Waals surface area contributed by atoms with Crippen LogP contribution < -0.4 is 4.74 Å². The molecule has 1 N–H and O–H groups in total. The number of aliphatic hydroxyl groups excluding tert-OH is 1. The number of carbonyl (C=O) groups is 2. The van der Waals surface area contributed by atoms with Gasteiger partial charge in [-0.1, -0.05) is 43.3 Å². The van der Waals surface area contributed by atoms with Crippen LogP contribution in [0.15, 0.2) is 67.0 Å². The molecular weight excluding hydrogens is 444 g/mol. The Labute approximate surface area is 205 Å². The summed E-state index contributed by atoms with van der Waals surface area (Å²) in [6.07, 6.45) is 2.84. The van der Waals surface area contributed by atoms with Gasteiger partial charge < -0.3 is 19.6 Å². The average molecular weight is 475 g/mol. The smallest absolute Gasteiger partial charge is 0.272 e. The predicted molar refractivity (Wildman–Crippen MR) is 132 cm³/mol. The van der Waals surface area contributed by atoms with E-state index in [0.29, 0.717) is 17.8 Å². The number of aliphatic hydroxyl groups is 1. The standard InChI is InChI=1S/C27H30N4O4/c1-18-15-31(19(2)17-32)26(33)22-13-21(20-9-5-4-6-10-20)14-29-25(22)35-24(18)16-30(3)27(34)23-11-7-8-12-28-23/h4-14,18-19,24,32H,15-17H2,1-3H3/t18-,19-,24-/m1/s1. The Morgan fingerprint density at radius 1 is 1.17 bits per heavy atom. The first-order chi connectivity index (χ1) is 16.9. The average Bonchev–Trinajstić information content (AvgIpc) is 2.90. The van der Waals surface area contributed by atoms with Crippen LogP contribution in [0, 0.1) is 5.92 Å². The van der Waals surface area contributed by atoms with Crippen molar-refractivity contribution in [1.29, 1.82) is 0 Å². The Hall–Kier alpha value is -3.78. The monoisotopic (exact) mass is 474 g/mol. The third-order valence-corrected chi connectivity index (χ3v) is 6.31. The molecule has 8 heteroatoms. The summed E-state index contributed by atoms with van der Waals surface area (Å²) in [6.45, 7) is 4.27. The Morgan fingerprint density at radius 2 is 1.91 bits per heavy atom. The summed E-state index contributed by atoms with van der Waals surface area (Å²) in [7, 11) is 1.71. The molecule has 0 saturated carbocycles. The van der Waals surface area contributed by atoms with E-state index in [1.165, 1.54) is 0 Å². The molecule has 0 aliphatic carbocycles. The van der Waals surface area contributed by atoms with Crippen molar-refractivity contribution < 1.29 is 19.4 Å². The van der Waals surface area contributed by atoms with Crippen molar-refractivity contribution >= 4 is 11.8 Å². The molecule has 0 spiro atoms. The minimum atomic E-state index is -0.428. The fourth-order valence-corrected chi connectivity index (χ4v) is 4.15. The van der Waals surface area contributed by atoms with Gasteiger partial charge in [-0.3, -0.25) is 14.6 Å². The molecule has 1 aliphatic heterocycles. The van der Waals surface area contributed by atoms with E-state index in [4.69, 9.17) is 4.74 Å². The van der Waals surface area contributed by atoms with E-state index in [1.54, 1.807) is 53.5 Å². The number of ether oxygens (including phenoxy) is 1. The summed E-state index contributed by atoms with van der Waals surface area (Å²) in [6, 6.07) is 16.3. The van der Waals surface area contributed by atoms with Gasteiger partial charge in [0.25, 0.3) is 11.8 Å². The van der Waals surface area contributed by atoms with Crippen molar-refractivity contribution in [2.45, 2.75) is 26.0 Å². The molecule has 3 aromatic rings. The van der Waals surface area contributed by atoms with Crippen molar-refractivity contribution in [2.24, 2.45) is 5.92 Å². The molecule has 2 aromatic heterocycles. The summed E-state index contributed by atoms with van der Waals surface area (Å²) >= 11 is 0. The molecule has 182 valence electrons. The number of fused-ring (bicyclic) bond motifs is 1. The van der Waals surface area contributed by atoms with E-state index in [-0.39, 0.29) is 42.8 Å². The predicted octanol–water partition coefficient (Wildman–Crippen LogP) is 3.14. The molecule has 35 heavy (non-hydrogen) atoms. The zero-order valence-electron chi connectivity index (χ0n) is 20.2. The molecule has 1 aromatic carbocycles. The van der Waals surface area contributed by atoms with E-state index >= 15 is 0 Å². The van der Waals surface area contributed by atoms with Crippen LogP contribution in [0.25, 0.3) is 11.1 Å². The van der Waals surface area contributed by atoms with Gasteiger partial charge in [-0.25, -0.2) is 4.98 Å². The first-order valence-corrected chi connectivity index (χ1v) is 11.7. The van der Waals surface area contributed by atoms with E-state index in [9.17, 15) is 14.7 Å². The summed E-state index contributed by atoms with van der Waals surface area (Å²) in [4.78, 5) is 38.4. The van der Waals surface area contributed by atoms with Crippen LogP contribution >= 0.6 is 0 Å². The summed E-state index contributed by atoms with van der Waals surface area (Å²) in [5.41, 5.74) is 2.42. The Kier molecular flexibility index (Phi) is 7.41.